The second kappa shape index (κ2) is 10.1. The van der Waals surface area contributed by atoms with Crippen molar-refractivity contribution in [3.05, 3.63) is 0 Å². The Bertz CT molecular complexity index is 490. The van der Waals surface area contributed by atoms with Gasteiger partial charge in [-0.1, -0.05) is 12.8 Å². The summed E-state index contributed by atoms with van der Waals surface area (Å²) in [7, 11) is 3.59. The summed E-state index contributed by atoms with van der Waals surface area (Å²) in [6.45, 7) is 3.47. The predicted octanol–water partition coefficient (Wildman–Crippen LogP) is 2.38. The van der Waals surface area contributed by atoms with Crippen molar-refractivity contribution in [2.24, 2.45) is 16.3 Å². The number of ether oxygens (including phenoxy) is 1. The van der Waals surface area contributed by atoms with Crippen LogP contribution >= 0.6 is 24.0 Å². The molecule has 26 heavy (non-hydrogen) atoms. The van der Waals surface area contributed by atoms with Crippen molar-refractivity contribution in [3.63, 3.8) is 0 Å². The second-order valence-electron chi connectivity index (χ2n) is 8.06. The molecule has 1 saturated heterocycles. The molecule has 0 bridgehead atoms. The van der Waals surface area contributed by atoms with Crippen molar-refractivity contribution >= 4 is 35.8 Å². The lowest BCUT2D eigenvalue weighted by Gasteiger charge is -2.22. The Balaban J connectivity index is 0.00000243. The van der Waals surface area contributed by atoms with Crippen LogP contribution < -0.4 is 10.6 Å². The lowest BCUT2D eigenvalue weighted by Crippen LogP contribution is -2.46. The monoisotopic (exact) mass is 478 g/mol. The normalized spacial score (nSPS) is 25.1. The van der Waals surface area contributed by atoms with Crippen LogP contribution in [0.3, 0.4) is 0 Å². The summed E-state index contributed by atoms with van der Waals surface area (Å²) in [6.07, 6.45) is 9.26. The maximum Gasteiger partial charge on any atom is 0.225 e. The van der Waals surface area contributed by atoms with E-state index in [2.05, 4.69) is 20.5 Å². The molecule has 3 aliphatic rings. The van der Waals surface area contributed by atoms with Gasteiger partial charge in [-0.3, -0.25) is 9.79 Å². The summed E-state index contributed by atoms with van der Waals surface area (Å²) < 4.78 is 5.22. The number of likely N-dealkylation sites (tertiary alicyclic amines) is 1. The molecule has 1 heterocycles. The third-order valence-electron chi connectivity index (χ3n) is 6.19. The molecule has 0 spiro atoms. The zero-order valence-corrected chi connectivity index (χ0v) is 18.6. The van der Waals surface area contributed by atoms with Crippen LogP contribution in [-0.4, -0.2) is 63.2 Å². The first-order chi connectivity index (χ1) is 12.2. The van der Waals surface area contributed by atoms with Gasteiger partial charge in [0.2, 0.25) is 5.91 Å². The van der Waals surface area contributed by atoms with E-state index in [9.17, 15) is 4.79 Å². The molecule has 6 nitrogen and oxygen atoms in total. The van der Waals surface area contributed by atoms with Crippen molar-refractivity contribution in [3.8, 4) is 0 Å². The van der Waals surface area contributed by atoms with Gasteiger partial charge in [0.05, 0.1) is 0 Å². The highest BCUT2D eigenvalue weighted by Crippen LogP contribution is 2.48. The zero-order chi connectivity index (χ0) is 17.7. The number of carbonyl (C=O) groups excluding carboxylic acids is 1. The molecule has 3 rings (SSSR count). The molecular weight excluding hydrogens is 443 g/mol. The van der Waals surface area contributed by atoms with E-state index in [1.165, 1.54) is 25.7 Å². The fourth-order valence-corrected chi connectivity index (χ4v) is 4.18. The molecule has 0 radical (unpaired) electrons. The Morgan fingerprint density at radius 1 is 1.27 bits per heavy atom. The number of hydrogen-bond acceptors (Lipinski definition) is 3. The van der Waals surface area contributed by atoms with E-state index in [1.54, 1.807) is 7.11 Å². The summed E-state index contributed by atoms with van der Waals surface area (Å²) in [5.41, 5.74) is 0.397. The van der Waals surface area contributed by atoms with Gasteiger partial charge in [-0.2, -0.15) is 0 Å². The van der Waals surface area contributed by atoms with Crippen molar-refractivity contribution in [1.29, 1.82) is 0 Å². The number of halogens is 1. The van der Waals surface area contributed by atoms with Crippen molar-refractivity contribution in [2.75, 3.05) is 40.4 Å². The smallest absolute Gasteiger partial charge is 0.225 e. The van der Waals surface area contributed by atoms with E-state index in [4.69, 9.17) is 4.74 Å². The predicted molar refractivity (Wildman–Crippen MR) is 115 cm³/mol. The van der Waals surface area contributed by atoms with Crippen molar-refractivity contribution in [1.82, 2.24) is 15.5 Å². The molecule has 7 heteroatoms. The van der Waals surface area contributed by atoms with Crippen LogP contribution in [0.4, 0.5) is 0 Å². The van der Waals surface area contributed by atoms with Crippen LogP contribution in [0, 0.1) is 11.3 Å². The standard InChI is InChI=1S/C19H34N4O2.HI/c1-20-18(21-14-19(8-9-19)10-12-25-2)22-16-7-11-23(13-16)17(24)15-5-3-4-6-15;/h15-16H,3-14H2,1-2H3,(H2,20,21,22);1H. The lowest BCUT2D eigenvalue weighted by molar-refractivity contribution is -0.134. The Hall–Kier alpha value is -0.570. The number of hydrogen-bond donors (Lipinski definition) is 2. The lowest BCUT2D eigenvalue weighted by atomic mass is 10.0. The Morgan fingerprint density at radius 2 is 2.00 bits per heavy atom. The van der Waals surface area contributed by atoms with Gasteiger partial charge in [0, 0.05) is 52.4 Å². The highest BCUT2D eigenvalue weighted by molar-refractivity contribution is 14.0. The van der Waals surface area contributed by atoms with Gasteiger partial charge in [-0.15, -0.1) is 24.0 Å². The average Bonchev–Trinajstić information content (AvgIpc) is 3.05. The molecule has 1 unspecified atom stereocenters. The molecule has 0 aromatic carbocycles. The van der Waals surface area contributed by atoms with Crippen LogP contribution in [0.5, 0.6) is 0 Å². The molecule has 0 aromatic heterocycles. The van der Waals surface area contributed by atoms with Gasteiger partial charge in [0.1, 0.15) is 0 Å². The minimum atomic E-state index is 0. The summed E-state index contributed by atoms with van der Waals surface area (Å²) in [6, 6.07) is 0.311. The third-order valence-corrected chi connectivity index (χ3v) is 6.19. The van der Waals surface area contributed by atoms with E-state index in [0.29, 0.717) is 17.4 Å². The van der Waals surface area contributed by atoms with E-state index in [1.807, 2.05) is 7.05 Å². The second-order valence-corrected chi connectivity index (χ2v) is 8.06. The van der Waals surface area contributed by atoms with Crippen LogP contribution in [-0.2, 0) is 9.53 Å². The van der Waals surface area contributed by atoms with Crippen LogP contribution in [0.25, 0.3) is 0 Å². The van der Waals surface area contributed by atoms with Crippen LogP contribution in [0.15, 0.2) is 4.99 Å². The van der Waals surface area contributed by atoms with Gasteiger partial charge < -0.3 is 20.3 Å². The molecular formula is C19H35IN4O2. The highest BCUT2D eigenvalue weighted by atomic mass is 127. The van der Waals surface area contributed by atoms with Gasteiger partial charge in [-0.05, 0) is 43.9 Å². The molecule has 2 N–H and O–H groups in total. The molecule has 1 amide bonds. The maximum atomic E-state index is 12.6. The molecule has 2 aliphatic carbocycles. The number of amides is 1. The van der Waals surface area contributed by atoms with Gasteiger partial charge >= 0.3 is 0 Å². The highest BCUT2D eigenvalue weighted by Gasteiger charge is 2.42. The number of rotatable bonds is 7. The number of methoxy groups -OCH3 is 1. The molecule has 3 fully saturated rings. The summed E-state index contributed by atoms with van der Waals surface area (Å²) in [5.74, 6) is 1.52. The fraction of sp³-hybridized carbons (Fsp3) is 0.895. The van der Waals surface area contributed by atoms with Crippen molar-refractivity contribution in [2.45, 2.75) is 57.4 Å². The fourth-order valence-electron chi connectivity index (χ4n) is 4.18. The van der Waals surface area contributed by atoms with E-state index >= 15 is 0 Å². The zero-order valence-electron chi connectivity index (χ0n) is 16.3. The van der Waals surface area contributed by atoms with Crippen LogP contribution in [0.2, 0.25) is 0 Å². The molecule has 150 valence electrons. The maximum absolute atomic E-state index is 12.6. The topological polar surface area (TPSA) is 66.0 Å². The SMILES string of the molecule is CN=C(NCC1(CCOC)CC1)NC1CCN(C(=O)C2CCCC2)C1.I. The van der Waals surface area contributed by atoms with E-state index < -0.39 is 0 Å². The quantitative estimate of drug-likeness (QED) is 0.335. The number of aliphatic imine (C=N–C) groups is 1. The Labute approximate surface area is 174 Å². The summed E-state index contributed by atoms with van der Waals surface area (Å²) >= 11 is 0. The largest absolute Gasteiger partial charge is 0.385 e. The number of carbonyl (C=O) groups is 1. The first-order valence-electron chi connectivity index (χ1n) is 9.91. The molecule has 1 atom stereocenters. The number of guanidine groups is 1. The Kier molecular flexibility index (Phi) is 8.44. The average molecular weight is 478 g/mol. The molecule has 1 aliphatic heterocycles. The Morgan fingerprint density at radius 3 is 2.62 bits per heavy atom. The first kappa shape index (κ1) is 21.7. The minimum Gasteiger partial charge on any atom is -0.385 e. The number of nitrogens with one attached hydrogen (secondary N) is 2. The van der Waals surface area contributed by atoms with E-state index in [-0.39, 0.29) is 29.9 Å². The van der Waals surface area contributed by atoms with Gasteiger partial charge in [0.15, 0.2) is 5.96 Å². The number of nitrogens with zero attached hydrogens (tertiary/aromatic N) is 2. The van der Waals surface area contributed by atoms with Gasteiger partial charge in [-0.25, -0.2) is 0 Å². The first-order valence-corrected chi connectivity index (χ1v) is 9.91. The van der Waals surface area contributed by atoms with Gasteiger partial charge in [0.25, 0.3) is 0 Å². The minimum absolute atomic E-state index is 0. The summed E-state index contributed by atoms with van der Waals surface area (Å²) in [4.78, 5) is 19.0. The molecule has 2 saturated carbocycles. The van der Waals surface area contributed by atoms with Crippen molar-refractivity contribution < 1.29 is 9.53 Å². The molecule has 0 aromatic rings. The summed E-state index contributed by atoms with van der Waals surface area (Å²) in [5, 5.41) is 7.00. The van der Waals surface area contributed by atoms with E-state index in [0.717, 1.165) is 57.9 Å². The van der Waals surface area contributed by atoms with Crippen LogP contribution in [0.1, 0.15) is 51.4 Å². The third kappa shape index (κ3) is 5.71.